The van der Waals surface area contributed by atoms with E-state index in [1.165, 1.54) is 12.6 Å². The number of fused-ring (bicyclic) bond motifs is 3. The molecule has 0 aliphatic heterocycles. The molecule has 122 valence electrons. The molecule has 0 amide bonds. The monoisotopic (exact) mass is 333 g/mol. The molecule has 3 rings (SSSR count). The Kier molecular flexibility index (Phi) is 3.75. The van der Waals surface area contributed by atoms with Gasteiger partial charge < -0.3 is 9.32 Å². The van der Waals surface area contributed by atoms with Gasteiger partial charge in [0.2, 0.25) is 0 Å². The predicted molar refractivity (Wildman–Crippen MR) is 91.5 cm³/mol. The molecular formula is C16H19N3O3S. The van der Waals surface area contributed by atoms with Crippen molar-refractivity contribution in [3.63, 3.8) is 0 Å². The Morgan fingerprint density at radius 1 is 1.17 bits per heavy atom. The maximum absolute atomic E-state index is 11.8. The number of hydrogen-bond acceptors (Lipinski definition) is 6. The van der Waals surface area contributed by atoms with Crippen molar-refractivity contribution in [3.8, 4) is 0 Å². The highest BCUT2D eigenvalue weighted by atomic mass is 32.2. The number of para-hydroxylation sites is 1. The fourth-order valence-corrected chi connectivity index (χ4v) is 3.53. The van der Waals surface area contributed by atoms with Gasteiger partial charge in [0.05, 0.1) is 5.25 Å². The highest BCUT2D eigenvalue weighted by molar-refractivity contribution is 7.91. The van der Waals surface area contributed by atoms with Crippen LogP contribution in [0.3, 0.4) is 0 Å². The number of hydrogen-bond donors (Lipinski definition) is 0. The zero-order chi connectivity index (χ0) is 16.8. The summed E-state index contributed by atoms with van der Waals surface area (Å²) >= 11 is 0. The van der Waals surface area contributed by atoms with Gasteiger partial charge in [-0.15, -0.1) is 0 Å². The van der Waals surface area contributed by atoms with Crippen LogP contribution in [0.4, 0.5) is 5.82 Å². The van der Waals surface area contributed by atoms with Crippen molar-refractivity contribution in [1.82, 2.24) is 9.97 Å². The molecule has 0 radical (unpaired) electrons. The lowest BCUT2D eigenvalue weighted by molar-refractivity contribution is 0.564. The molecule has 6 nitrogen and oxygen atoms in total. The third-order valence-corrected chi connectivity index (χ3v) is 6.18. The van der Waals surface area contributed by atoms with E-state index in [1.54, 1.807) is 6.92 Å². The summed E-state index contributed by atoms with van der Waals surface area (Å²) in [5, 5.41) is 0.394. The first-order valence-electron chi connectivity index (χ1n) is 7.34. The van der Waals surface area contributed by atoms with Crippen molar-refractivity contribution < 1.29 is 12.8 Å². The second-order valence-electron chi connectivity index (χ2n) is 5.86. The van der Waals surface area contributed by atoms with Gasteiger partial charge in [-0.2, -0.15) is 0 Å². The number of nitrogens with zero attached hydrogens (tertiary/aromatic N) is 3. The van der Waals surface area contributed by atoms with E-state index in [1.807, 2.05) is 43.1 Å². The standard InChI is InChI=1S/C16H19N3O3S/c1-10(11(2)23(4,20)21)19(3)16-15-14(17-9-18-16)12-7-5-6-8-13(12)22-15/h5-11H,1-4H3. The van der Waals surface area contributed by atoms with E-state index in [0.717, 1.165) is 16.5 Å². The highest BCUT2D eigenvalue weighted by Gasteiger charge is 2.28. The number of benzene rings is 1. The molecule has 2 atom stereocenters. The number of rotatable bonds is 4. The van der Waals surface area contributed by atoms with Crippen LogP contribution in [-0.2, 0) is 9.84 Å². The highest BCUT2D eigenvalue weighted by Crippen LogP contribution is 2.32. The Labute approximate surface area is 135 Å². The summed E-state index contributed by atoms with van der Waals surface area (Å²) in [5.74, 6) is 0.592. The minimum Gasteiger partial charge on any atom is -0.450 e. The molecule has 0 aliphatic carbocycles. The Bertz CT molecular complexity index is 965. The van der Waals surface area contributed by atoms with Crippen LogP contribution >= 0.6 is 0 Å². The molecule has 0 N–H and O–H groups in total. The summed E-state index contributed by atoms with van der Waals surface area (Å²) in [5.41, 5.74) is 2.04. The van der Waals surface area contributed by atoms with Gasteiger partial charge >= 0.3 is 0 Å². The molecular weight excluding hydrogens is 314 g/mol. The summed E-state index contributed by atoms with van der Waals surface area (Å²) < 4.78 is 29.6. The molecule has 2 aromatic heterocycles. The molecule has 0 saturated heterocycles. The van der Waals surface area contributed by atoms with E-state index in [2.05, 4.69) is 9.97 Å². The van der Waals surface area contributed by atoms with Crippen LogP contribution in [-0.4, -0.2) is 43.0 Å². The van der Waals surface area contributed by atoms with Crippen LogP contribution < -0.4 is 4.90 Å². The number of sulfone groups is 1. The molecule has 0 bridgehead atoms. The molecule has 2 unspecified atom stereocenters. The number of furan rings is 1. The molecule has 0 spiro atoms. The summed E-state index contributed by atoms with van der Waals surface area (Å²) in [6.45, 7) is 3.57. The predicted octanol–water partition coefficient (Wildman–Crippen LogP) is 2.63. The molecule has 7 heteroatoms. The third-order valence-electron chi connectivity index (χ3n) is 4.44. The Morgan fingerprint density at radius 3 is 2.57 bits per heavy atom. The largest absolute Gasteiger partial charge is 0.450 e. The van der Waals surface area contributed by atoms with Crippen molar-refractivity contribution in [3.05, 3.63) is 30.6 Å². The van der Waals surface area contributed by atoms with Crippen molar-refractivity contribution >= 4 is 37.7 Å². The normalized spacial score (nSPS) is 15.0. The van der Waals surface area contributed by atoms with Gasteiger partial charge in [-0.05, 0) is 26.0 Å². The van der Waals surface area contributed by atoms with Crippen molar-refractivity contribution in [2.75, 3.05) is 18.2 Å². The maximum Gasteiger partial charge on any atom is 0.196 e. The zero-order valence-corrected chi connectivity index (χ0v) is 14.3. The third kappa shape index (κ3) is 2.65. The van der Waals surface area contributed by atoms with Crippen LogP contribution in [0, 0.1) is 0 Å². The number of aromatic nitrogens is 2. The van der Waals surface area contributed by atoms with Crippen molar-refractivity contribution in [2.24, 2.45) is 0 Å². The Balaban J connectivity index is 2.12. The van der Waals surface area contributed by atoms with Gasteiger partial charge in [0, 0.05) is 24.7 Å². The summed E-state index contributed by atoms with van der Waals surface area (Å²) in [4.78, 5) is 10.5. The zero-order valence-electron chi connectivity index (χ0n) is 13.5. The number of anilines is 1. The summed E-state index contributed by atoms with van der Waals surface area (Å²) in [6.07, 6.45) is 2.73. The minimum atomic E-state index is -3.15. The quantitative estimate of drug-likeness (QED) is 0.730. The van der Waals surface area contributed by atoms with Crippen LogP contribution in [0.5, 0.6) is 0 Å². The summed E-state index contributed by atoms with van der Waals surface area (Å²) in [6, 6.07) is 7.40. The van der Waals surface area contributed by atoms with E-state index in [0.29, 0.717) is 11.4 Å². The average Bonchev–Trinajstić information content (AvgIpc) is 2.90. The van der Waals surface area contributed by atoms with Gasteiger partial charge in [-0.3, -0.25) is 0 Å². The van der Waals surface area contributed by atoms with E-state index in [9.17, 15) is 8.42 Å². The molecule has 0 saturated carbocycles. The van der Waals surface area contributed by atoms with Crippen LogP contribution in [0.2, 0.25) is 0 Å². The lowest BCUT2D eigenvalue weighted by atomic mass is 10.2. The SMILES string of the molecule is CC(C(C)S(C)(=O)=O)N(C)c1ncnc2c1oc1ccccc12. The minimum absolute atomic E-state index is 0.253. The first kappa shape index (κ1) is 15.7. The molecule has 0 fully saturated rings. The van der Waals surface area contributed by atoms with Gasteiger partial charge in [0.25, 0.3) is 0 Å². The molecule has 2 heterocycles. The van der Waals surface area contributed by atoms with Gasteiger partial charge in [0.1, 0.15) is 17.4 Å². The Hall–Kier alpha value is -2.15. The average molecular weight is 333 g/mol. The lowest BCUT2D eigenvalue weighted by Crippen LogP contribution is -2.41. The van der Waals surface area contributed by atoms with Crippen molar-refractivity contribution in [2.45, 2.75) is 25.1 Å². The Morgan fingerprint density at radius 2 is 1.87 bits per heavy atom. The van der Waals surface area contributed by atoms with Crippen molar-refractivity contribution in [1.29, 1.82) is 0 Å². The molecule has 0 aliphatic rings. The first-order chi connectivity index (χ1) is 10.8. The van der Waals surface area contributed by atoms with Crippen LogP contribution in [0.15, 0.2) is 35.0 Å². The second-order valence-corrected chi connectivity index (χ2v) is 8.26. The van der Waals surface area contributed by atoms with Gasteiger partial charge in [-0.25, -0.2) is 18.4 Å². The fraction of sp³-hybridized carbons (Fsp3) is 0.375. The summed E-state index contributed by atoms with van der Waals surface area (Å²) in [7, 11) is -1.33. The topological polar surface area (TPSA) is 76.3 Å². The second kappa shape index (κ2) is 5.49. The molecule has 23 heavy (non-hydrogen) atoms. The molecule has 1 aromatic carbocycles. The van der Waals surface area contributed by atoms with E-state index in [4.69, 9.17) is 4.42 Å². The fourth-order valence-electron chi connectivity index (χ4n) is 2.63. The maximum atomic E-state index is 11.8. The van der Waals surface area contributed by atoms with Gasteiger partial charge in [-0.1, -0.05) is 12.1 Å². The van der Waals surface area contributed by atoms with E-state index >= 15 is 0 Å². The smallest absolute Gasteiger partial charge is 0.196 e. The first-order valence-corrected chi connectivity index (χ1v) is 9.30. The molecule has 3 aromatic rings. The lowest BCUT2D eigenvalue weighted by Gasteiger charge is -2.29. The van der Waals surface area contributed by atoms with Crippen LogP contribution in [0.25, 0.3) is 22.1 Å². The van der Waals surface area contributed by atoms with E-state index in [-0.39, 0.29) is 6.04 Å². The van der Waals surface area contributed by atoms with E-state index < -0.39 is 15.1 Å². The van der Waals surface area contributed by atoms with Crippen LogP contribution in [0.1, 0.15) is 13.8 Å². The van der Waals surface area contributed by atoms with Gasteiger partial charge in [0.15, 0.2) is 21.2 Å².